The fourth-order valence-electron chi connectivity index (χ4n) is 12.8. The molecule has 2 N–H and O–H groups in total. The summed E-state index contributed by atoms with van der Waals surface area (Å²) in [4.78, 5) is 14.8. The molecule has 1 aromatic heterocycles. The number of allylic oxidation sites excluding steroid dienone is 2. The summed E-state index contributed by atoms with van der Waals surface area (Å²) in [6.45, 7) is 24.1. The Kier molecular flexibility index (Phi) is 6.13. The summed E-state index contributed by atoms with van der Waals surface area (Å²) < 4.78 is 8.94. The normalized spacial score (nSPS) is 41.5. The maximum absolute atomic E-state index is 14.8. The van der Waals surface area contributed by atoms with E-state index in [0.717, 1.165) is 66.3 Å². The Hall–Kier alpha value is -2.47. The van der Waals surface area contributed by atoms with Crippen molar-refractivity contribution in [1.29, 1.82) is 0 Å². The standard InChI is InChI=1S/C41H53NO4/c1-11-15-39(8)27-13-12-24-19-26-25-18-22-17-23-20-37(4,5)46-38(6,7)31(23)34(44)29(22)30-33(25)42(32(21(2)3)35(30)45)36(26)41(24,10)40(27,9)16-14-28(39)43/h11,15,18,20,24,27-28,31-32,34,43-44H,2,12-14,16-17,19H2,1,3-10H3/b15-11+/t24?,27-,28-,31?,32-,34+,39-,40-,41+/m0/s1. The quantitative estimate of drug-likeness (QED) is 0.331. The Balaban J connectivity index is 1.40. The van der Waals surface area contributed by atoms with Gasteiger partial charge >= 0.3 is 0 Å². The highest BCUT2D eigenvalue weighted by Gasteiger charge is 2.67. The number of aliphatic hydroxyl groups is 2. The van der Waals surface area contributed by atoms with E-state index in [0.29, 0.717) is 11.8 Å². The van der Waals surface area contributed by atoms with E-state index in [1.54, 1.807) is 0 Å². The van der Waals surface area contributed by atoms with Gasteiger partial charge in [-0.15, -0.1) is 0 Å². The van der Waals surface area contributed by atoms with Crippen molar-refractivity contribution in [3.63, 3.8) is 0 Å². The molecule has 1 aromatic carbocycles. The second kappa shape index (κ2) is 9.15. The molecule has 2 saturated carbocycles. The molecule has 6 aliphatic rings. The number of hydrogen-bond donors (Lipinski definition) is 2. The minimum atomic E-state index is -0.826. The Morgan fingerprint density at radius 1 is 1.09 bits per heavy atom. The highest BCUT2D eigenvalue weighted by atomic mass is 16.5. The lowest BCUT2D eigenvalue weighted by Gasteiger charge is -2.64. The summed E-state index contributed by atoms with van der Waals surface area (Å²) in [7, 11) is 0. The van der Waals surface area contributed by atoms with Crippen molar-refractivity contribution in [2.24, 2.45) is 28.6 Å². The number of ketones is 1. The molecule has 9 atom stereocenters. The highest BCUT2D eigenvalue weighted by Crippen LogP contribution is 2.71. The summed E-state index contributed by atoms with van der Waals surface area (Å²) in [5.41, 5.74) is 6.92. The molecule has 2 fully saturated rings. The molecule has 2 unspecified atom stereocenters. The third-order valence-corrected chi connectivity index (χ3v) is 14.4. The molecule has 8 rings (SSSR count). The highest BCUT2D eigenvalue weighted by molar-refractivity contribution is 6.17. The smallest absolute Gasteiger partial charge is 0.192 e. The van der Waals surface area contributed by atoms with Gasteiger partial charge in [0.1, 0.15) is 6.04 Å². The Morgan fingerprint density at radius 2 is 1.80 bits per heavy atom. The van der Waals surface area contributed by atoms with E-state index in [9.17, 15) is 15.0 Å². The predicted octanol–water partition coefficient (Wildman–Crippen LogP) is 8.26. The summed E-state index contributed by atoms with van der Waals surface area (Å²) in [5.74, 6) is 0.670. The van der Waals surface area contributed by atoms with Crippen molar-refractivity contribution in [3.8, 4) is 0 Å². The monoisotopic (exact) mass is 623 g/mol. The number of aliphatic hydroxyl groups excluding tert-OH is 2. The zero-order valence-corrected chi connectivity index (χ0v) is 29.4. The third-order valence-electron chi connectivity index (χ3n) is 14.4. The van der Waals surface area contributed by atoms with E-state index in [-0.39, 0.29) is 34.1 Å². The van der Waals surface area contributed by atoms with Gasteiger partial charge in [0.15, 0.2) is 5.78 Å². The van der Waals surface area contributed by atoms with Gasteiger partial charge < -0.3 is 19.5 Å². The lowest BCUT2D eigenvalue weighted by Crippen LogP contribution is -2.62. The van der Waals surface area contributed by atoms with E-state index < -0.39 is 23.3 Å². The number of nitrogens with zero attached hydrogens (tertiary/aromatic N) is 1. The van der Waals surface area contributed by atoms with Crippen LogP contribution in [0.2, 0.25) is 0 Å². The zero-order valence-electron chi connectivity index (χ0n) is 29.4. The molecule has 3 heterocycles. The first kappa shape index (κ1) is 30.8. The largest absolute Gasteiger partial charge is 0.392 e. The molecule has 46 heavy (non-hydrogen) atoms. The molecule has 2 aliphatic heterocycles. The molecule has 5 heteroatoms. The molecule has 0 saturated heterocycles. The predicted molar refractivity (Wildman–Crippen MR) is 183 cm³/mol. The molecule has 0 amide bonds. The average molecular weight is 624 g/mol. The number of ether oxygens (including phenoxy) is 1. The van der Waals surface area contributed by atoms with Crippen LogP contribution in [0.15, 0.2) is 42.0 Å². The number of carbonyl (C=O) groups excluding carboxylic acids is 1. The first-order valence-corrected chi connectivity index (χ1v) is 17.8. The summed E-state index contributed by atoms with van der Waals surface area (Å²) in [6, 6.07) is 1.88. The lowest BCUT2D eigenvalue weighted by molar-refractivity contribution is -0.156. The van der Waals surface area contributed by atoms with Gasteiger partial charge in [-0.2, -0.15) is 0 Å². The molecule has 0 bridgehead atoms. The number of fused-ring (bicyclic) bond motifs is 10. The van der Waals surface area contributed by atoms with Gasteiger partial charge in [-0.3, -0.25) is 4.79 Å². The van der Waals surface area contributed by atoms with E-state index >= 15 is 0 Å². The van der Waals surface area contributed by atoms with Gasteiger partial charge in [-0.1, -0.05) is 56.7 Å². The number of aromatic nitrogens is 1. The molecule has 4 aliphatic carbocycles. The average Bonchev–Trinajstić information content (AvgIpc) is 3.52. The third kappa shape index (κ3) is 3.45. The minimum Gasteiger partial charge on any atom is -0.392 e. The second-order valence-corrected chi connectivity index (χ2v) is 17.7. The van der Waals surface area contributed by atoms with Gasteiger partial charge in [0.05, 0.1) is 34.5 Å². The maximum Gasteiger partial charge on any atom is 0.192 e. The van der Waals surface area contributed by atoms with Crippen molar-refractivity contribution in [2.75, 3.05) is 0 Å². The number of hydrogen-bond acceptors (Lipinski definition) is 4. The van der Waals surface area contributed by atoms with Crippen LogP contribution in [0.3, 0.4) is 0 Å². The first-order chi connectivity index (χ1) is 21.4. The maximum atomic E-state index is 14.8. The van der Waals surface area contributed by atoms with Crippen LogP contribution >= 0.6 is 0 Å². The summed E-state index contributed by atoms with van der Waals surface area (Å²) in [6.07, 6.45) is 11.1. The molecule has 0 radical (unpaired) electrons. The fourth-order valence-corrected chi connectivity index (χ4v) is 12.8. The Morgan fingerprint density at radius 3 is 2.48 bits per heavy atom. The molecule has 5 nitrogen and oxygen atoms in total. The van der Waals surface area contributed by atoms with E-state index in [4.69, 9.17) is 4.74 Å². The van der Waals surface area contributed by atoms with Crippen molar-refractivity contribution >= 4 is 16.7 Å². The van der Waals surface area contributed by atoms with Crippen LogP contribution in [0.25, 0.3) is 10.9 Å². The van der Waals surface area contributed by atoms with Crippen LogP contribution < -0.4 is 0 Å². The van der Waals surface area contributed by atoms with E-state index in [1.807, 2.05) is 6.92 Å². The van der Waals surface area contributed by atoms with Gasteiger partial charge in [-0.25, -0.2) is 0 Å². The minimum absolute atomic E-state index is 0.0558. The first-order valence-electron chi connectivity index (χ1n) is 17.8. The number of benzene rings is 1. The van der Waals surface area contributed by atoms with Crippen molar-refractivity contribution < 1.29 is 19.7 Å². The topological polar surface area (TPSA) is 71.7 Å². The van der Waals surface area contributed by atoms with E-state index in [2.05, 4.69) is 90.8 Å². The molecular weight excluding hydrogens is 570 g/mol. The number of rotatable bonds is 2. The zero-order chi connectivity index (χ0) is 33.1. The summed E-state index contributed by atoms with van der Waals surface area (Å²) in [5, 5.41) is 24.9. The Labute approximate surface area is 274 Å². The second-order valence-electron chi connectivity index (χ2n) is 17.7. The van der Waals surface area contributed by atoms with Crippen LogP contribution in [-0.4, -0.2) is 37.9 Å². The lowest BCUT2D eigenvalue weighted by atomic mass is 9.40. The van der Waals surface area contributed by atoms with Crippen LogP contribution in [0, 0.1) is 28.6 Å². The number of carbonyl (C=O) groups is 1. The molecule has 246 valence electrons. The van der Waals surface area contributed by atoms with Crippen molar-refractivity contribution in [1.82, 2.24) is 4.57 Å². The van der Waals surface area contributed by atoms with Gasteiger partial charge in [-0.05, 0) is 120 Å². The van der Waals surface area contributed by atoms with E-state index in [1.165, 1.54) is 22.2 Å². The summed E-state index contributed by atoms with van der Waals surface area (Å²) >= 11 is 0. The van der Waals surface area contributed by atoms with Crippen LogP contribution in [-0.2, 0) is 23.0 Å². The van der Waals surface area contributed by atoms with Gasteiger partial charge in [0.25, 0.3) is 0 Å². The number of Topliss-reactive ketones (excluding diaryl/α,β-unsaturated/α-hetero) is 1. The van der Waals surface area contributed by atoms with Crippen LogP contribution in [0.1, 0.15) is 133 Å². The van der Waals surface area contributed by atoms with Crippen LogP contribution in [0.5, 0.6) is 0 Å². The van der Waals surface area contributed by atoms with Crippen molar-refractivity contribution in [3.05, 3.63) is 70.0 Å². The Bertz CT molecular complexity index is 1800. The van der Waals surface area contributed by atoms with Crippen molar-refractivity contribution in [2.45, 2.75) is 136 Å². The molecular formula is C41H53NO4. The van der Waals surface area contributed by atoms with Gasteiger partial charge in [0, 0.05) is 27.8 Å². The molecule has 2 aromatic rings. The molecule has 0 spiro atoms. The SMILES string of the molecule is C=C(C)[C@H]1C(=O)c2c3c(cc4c5c(n1c24)[C@@]1(C)C(CC[C@H]2[C@](C)(/C=C/C)[C@@H](O)CC[C@@]21C)C5)CC1=CC(C)(C)OC(C)(C)C1[C@@H]3O. The van der Waals surface area contributed by atoms with Gasteiger partial charge in [0.2, 0.25) is 0 Å². The van der Waals surface area contributed by atoms with Crippen LogP contribution in [0.4, 0.5) is 0 Å². The fraction of sp³-hybridized carbons (Fsp3) is 0.634.